The van der Waals surface area contributed by atoms with E-state index >= 15 is 0 Å². The molecule has 0 spiro atoms. The molecule has 7 heteroatoms. The Labute approximate surface area is 134 Å². The van der Waals surface area contributed by atoms with Crippen LogP contribution < -0.4 is 0 Å². The van der Waals surface area contributed by atoms with Gasteiger partial charge in [-0.15, -0.1) is 0 Å². The van der Waals surface area contributed by atoms with Crippen LogP contribution in [0.5, 0.6) is 0 Å². The molecule has 21 heavy (non-hydrogen) atoms. The first-order valence-corrected chi connectivity index (χ1v) is 8.35. The second-order valence-electron chi connectivity index (χ2n) is 5.01. The monoisotopic (exact) mass is 381 g/mol. The molecule has 1 aliphatic rings. The highest BCUT2D eigenvalue weighted by molar-refractivity contribution is 9.10. The van der Waals surface area contributed by atoms with Crippen LogP contribution in [0.15, 0.2) is 22.7 Å². The Hall–Kier alpha value is -0.690. The summed E-state index contributed by atoms with van der Waals surface area (Å²) >= 11 is 4.66. The Bertz CT molecular complexity index is 550. The van der Waals surface area contributed by atoms with Gasteiger partial charge in [-0.2, -0.15) is 24.9 Å². The number of carbonyl (C=O) groups excluding carboxylic acids is 1. The molecule has 2 rings (SSSR count). The van der Waals surface area contributed by atoms with Gasteiger partial charge in [0.2, 0.25) is 0 Å². The minimum atomic E-state index is -4.48. The molecule has 1 aliphatic heterocycles. The number of benzene rings is 1. The zero-order valence-corrected chi connectivity index (χ0v) is 14.0. The fourth-order valence-electron chi connectivity index (χ4n) is 2.26. The standard InChI is InChI=1S/C14H15BrF3NOS/c1-8-9(2)21-6-5-19(8)13(20)10-3-4-12(15)11(7-10)14(16,17)18/h3-4,7-9H,5-6H2,1-2H3. The Balaban J connectivity index is 2.31. The van der Waals surface area contributed by atoms with E-state index in [4.69, 9.17) is 0 Å². The molecule has 0 saturated carbocycles. The van der Waals surface area contributed by atoms with E-state index in [1.807, 2.05) is 13.8 Å². The molecule has 2 unspecified atom stereocenters. The number of hydrogen-bond acceptors (Lipinski definition) is 2. The Morgan fingerprint density at radius 2 is 2.05 bits per heavy atom. The van der Waals surface area contributed by atoms with Gasteiger partial charge in [-0.05, 0) is 25.1 Å². The molecule has 1 fully saturated rings. The maximum Gasteiger partial charge on any atom is 0.417 e. The number of alkyl halides is 3. The van der Waals surface area contributed by atoms with Crippen molar-refractivity contribution < 1.29 is 18.0 Å². The maximum atomic E-state index is 12.9. The predicted octanol–water partition coefficient (Wildman–Crippen LogP) is 4.43. The Morgan fingerprint density at radius 3 is 2.67 bits per heavy atom. The highest BCUT2D eigenvalue weighted by Crippen LogP contribution is 2.36. The van der Waals surface area contributed by atoms with Gasteiger partial charge in [0.15, 0.2) is 0 Å². The fraction of sp³-hybridized carbons (Fsp3) is 0.500. The second kappa shape index (κ2) is 6.20. The third kappa shape index (κ3) is 3.56. The SMILES string of the molecule is CC1SCCN(C(=O)c2ccc(Br)c(C(F)(F)F)c2)C1C. The van der Waals surface area contributed by atoms with Gasteiger partial charge < -0.3 is 4.90 Å². The molecular weight excluding hydrogens is 367 g/mol. The van der Waals surface area contributed by atoms with Crippen molar-refractivity contribution in [2.24, 2.45) is 0 Å². The molecule has 2 atom stereocenters. The average molecular weight is 382 g/mol. The summed E-state index contributed by atoms with van der Waals surface area (Å²) < 4.78 is 38.7. The molecule has 0 radical (unpaired) electrons. The molecule has 1 saturated heterocycles. The first kappa shape index (κ1) is 16.7. The lowest BCUT2D eigenvalue weighted by Crippen LogP contribution is -2.48. The third-order valence-corrected chi connectivity index (χ3v) is 5.69. The first-order chi connectivity index (χ1) is 9.71. The van der Waals surface area contributed by atoms with Crippen molar-refractivity contribution in [1.82, 2.24) is 4.90 Å². The molecule has 1 heterocycles. The lowest BCUT2D eigenvalue weighted by molar-refractivity contribution is -0.138. The van der Waals surface area contributed by atoms with Crippen LogP contribution in [0, 0.1) is 0 Å². The van der Waals surface area contributed by atoms with Crippen molar-refractivity contribution in [1.29, 1.82) is 0 Å². The minimum absolute atomic E-state index is 0.00855. The molecule has 2 nitrogen and oxygen atoms in total. The van der Waals surface area contributed by atoms with E-state index in [0.29, 0.717) is 6.54 Å². The normalized spacial score (nSPS) is 23.2. The van der Waals surface area contributed by atoms with Crippen LogP contribution in [0.3, 0.4) is 0 Å². The van der Waals surface area contributed by atoms with Crippen molar-refractivity contribution in [2.75, 3.05) is 12.3 Å². The van der Waals surface area contributed by atoms with Crippen molar-refractivity contribution >= 4 is 33.6 Å². The van der Waals surface area contributed by atoms with Crippen LogP contribution >= 0.6 is 27.7 Å². The third-order valence-electron chi connectivity index (χ3n) is 3.66. The van der Waals surface area contributed by atoms with Crippen LogP contribution in [-0.2, 0) is 6.18 Å². The van der Waals surface area contributed by atoms with Gasteiger partial charge in [0, 0.05) is 33.6 Å². The van der Waals surface area contributed by atoms with Crippen molar-refractivity contribution in [3.05, 3.63) is 33.8 Å². The summed E-state index contributed by atoms with van der Waals surface area (Å²) in [6.45, 7) is 4.52. The number of nitrogens with zero attached hydrogens (tertiary/aromatic N) is 1. The summed E-state index contributed by atoms with van der Waals surface area (Å²) in [5.74, 6) is 0.465. The van der Waals surface area contributed by atoms with Crippen LogP contribution in [-0.4, -0.2) is 34.4 Å². The predicted molar refractivity (Wildman–Crippen MR) is 81.6 cm³/mol. The van der Waals surface area contributed by atoms with Gasteiger partial charge in [-0.1, -0.05) is 22.9 Å². The van der Waals surface area contributed by atoms with Crippen LogP contribution in [0.4, 0.5) is 13.2 Å². The summed E-state index contributed by atoms with van der Waals surface area (Å²) in [5, 5.41) is 0.278. The molecule has 116 valence electrons. The summed E-state index contributed by atoms with van der Waals surface area (Å²) in [7, 11) is 0. The van der Waals surface area contributed by atoms with Gasteiger partial charge in [0.25, 0.3) is 5.91 Å². The molecule has 1 aromatic rings. The lowest BCUT2D eigenvalue weighted by Gasteiger charge is -2.37. The number of hydrogen-bond donors (Lipinski definition) is 0. The second-order valence-corrected chi connectivity index (χ2v) is 7.35. The Morgan fingerprint density at radius 1 is 1.38 bits per heavy atom. The summed E-state index contributed by atoms with van der Waals surface area (Å²) in [6, 6.07) is 3.64. The first-order valence-electron chi connectivity index (χ1n) is 6.51. The highest BCUT2D eigenvalue weighted by atomic mass is 79.9. The van der Waals surface area contributed by atoms with Crippen LogP contribution in [0.2, 0.25) is 0 Å². The highest BCUT2D eigenvalue weighted by Gasteiger charge is 2.35. The quantitative estimate of drug-likeness (QED) is 0.716. The molecular formula is C14H15BrF3NOS. The summed E-state index contributed by atoms with van der Waals surface area (Å²) in [4.78, 5) is 14.1. The largest absolute Gasteiger partial charge is 0.417 e. The minimum Gasteiger partial charge on any atom is -0.334 e. The zero-order valence-electron chi connectivity index (χ0n) is 11.6. The van der Waals surface area contributed by atoms with Crippen molar-refractivity contribution in [2.45, 2.75) is 31.3 Å². The number of carbonyl (C=O) groups is 1. The Kier molecular flexibility index (Phi) is 4.92. The number of rotatable bonds is 1. The van der Waals surface area contributed by atoms with Crippen molar-refractivity contribution in [3.63, 3.8) is 0 Å². The molecule has 0 N–H and O–H groups in total. The lowest BCUT2D eigenvalue weighted by atomic mass is 10.1. The molecule has 1 amide bonds. The van der Waals surface area contributed by atoms with Crippen molar-refractivity contribution in [3.8, 4) is 0 Å². The van der Waals surface area contributed by atoms with Gasteiger partial charge in [-0.25, -0.2) is 0 Å². The van der Waals surface area contributed by atoms with Crippen LogP contribution in [0.1, 0.15) is 29.8 Å². The smallest absolute Gasteiger partial charge is 0.334 e. The fourth-order valence-corrected chi connectivity index (χ4v) is 3.83. The topological polar surface area (TPSA) is 20.3 Å². The number of halogens is 4. The van der Waals surface area contributed by atoms with Gasteiger partial charge >= 0.3 is 6.18 Å². The van der Waals surface area contributed by atoms with E-state index in [0.717, 1.165) is 11.8 Å². The van der Waals surface area contributed by atoms with Crippen LogP contribution in [0.25, 0.3) is 0 Å². The number of amides is 1. The van der Waals surface area contributed by atoms with E-state index in [9.17, 15) is 18.0 Å². The summed E-state index contributed by atoms with van der Waals surface area (Å²) in [6.07, 6.45) is -4.48. The summed E-state index contributed by atoms with van der Waals surface area (Å²) in [5.41, 5.74) is -0.739. The van der Waals surface area contributed by atoms with Gasteiger partial charge in [0.05, 0.1) is 5.56 Å². The maximum absolute atomic E-state index is 12.9. The van der Waals surface area contributed by atoms with E-state index < -0.39 is 11.7 Å². The zero-order chi connectivity index (χ0) is 15.8. The molecule has 0 bridgehead atoms. The van der Waals surface area contributed by atoms with E-state index in [-0.39, 0.29) is 27.2 Å². The molecule has 1 aromatic carbocycles. The van der Waals surface area contributed by atoms with E-state index in [1.54, 1.807) is 16.7 Å². The molecule has 0 aliphatic carbocycles. The van der Waals surface area contributed by atoms with Gasteiger partial charge in [-0.3, -0.25) is 4.79 Å². The molecule has 0 aromatic heterocycles. The van der Waals surface area contributed by atoms with Gasteiger partial charge in [0.1, 0.15) is 0 Å². The van der Waals surface area contributed by atoms with E-state index in [2.05, 4.69) is 15.9 Å². The number of thioether (sulfide) groups is 1. The average Bonchev–Trinajstić information content (AvgIpc) is 2.40. The van der Waals surface area contributed by atoms with E-state index in [1.165, 1.54) is 12.1 Å².